The number of halogens is 2. The number of aromatic nitrogens is 1. The number of nitrogens with zero attached hydrogens (tertiary/aromatic N) is 2. The molecule has 3 heterocycles. The van der Waals surface area contributed by atoms with Crippen LogP contribution < -0.4 is 4.90 Å². The highest BCUT2D eigenvalue weighted by atomic mass is 35.5. The molecule has 1 aliphatic rings. The van der Waals surface area contributed by atoms with Crippen molar-refractivity contribution in [2.75, 3.05) is 11.4 Å². The summed E-state index contributed by atoms with van der Waals surface area (Å²) in [6.45, 7) is 4.98. The van der Waals surface area contributed by atoms with Crippen LogP contribution in [0.5, 0.6) is 0 Å². The van der Waals surface area contributed by atoms with E-state index in [2.05, 4.69) is 19.9 Å². The average Bonchev–Trinajstić information content (AvgIpc) is 3.35. The Morgan fingerprint density at radius 3 is 2.48 bits per heavy atom. The Labute approximate surface area is 203 Å². The first kappa shape index (κ1) is 22.0. The van der Waals surface area contributed by atoms with Gasteiger partial charge in [0.1, 0.15) is 5.76 Å². The molecule has 0 bridgehead atoms. The lowest BCUT2D eigenvalue weighted by Gasteiger charge is -2.17. The molecule has 0 spiro atoms. The van der Waals surface area contributed by atoms with Gasteiger partial charge < -0.3 is 9.32 Å². The Morgan fingerprint density at radius 2 is 1.82 bits per heavy atom. The fourth-order valence-corrected chi connectivity index (χ4v) is 4.81. The summed E-state index contributed by atoms with van der Waals surface area (Å²) in [4.78, 5) is 19.5. The summed E-state index contributed by atoms with van der Waals surface area (Å²) in [5.41, 5.74) is 4.82. The van der Waals surface area contributed by atoms with E-state index in [-0.39, 0.29) is 5.91 Å². The molecule has 2 aromatic carbocycles. The van der Waals surface area contributed by atoms with E-state index in [4.69, 9.17) is 32.6 Å². The SMILES string of the molecule is CC(C)Cc1oc2nc(-c3ccccc3Cl)c(-c3ccc(Cl)cc3)cc2c1N1CCCC1=O. The molecule has 2 aromatic heterocycles. The van der Waals surface area contributed by atoms with Crippen LogP contribution in [0.25, 0.3) is 33.5 Å². The second-order valence-corrected chi connectivity index (χ2v) is 9.69. The Hall–Kier alpha value is -2.82. The first-order valence-electron chi connectivity index (χ1n) is 11.2. The zero-order valence-corrected chi connectivity index (χ0v) is 20.1. The number of fused-ring (bicyclic) bond motifs is 1. The summed E-state index contributed by atoms with van der Waals surface area (Å²) in [7, 11) is 0. The Bertz CT molecular complexity index is 1340. The molecule has 0 unspecified atom stereocenters. The van der Waals surface area contributed by atoms with Gasteiger partial charge in [0, 0.05) is 40.6 Å². The van der Waals surface area contributed by atoms with Crippen LogP contribution in [0.4, 0.5) is 5.69 Å². The zero-order valence-electron chi connectivity index (χ0n) is 18.6. The van der Waals surface area contributed by atoms with E-state index in [0.717, 1.165) is 52.1 Å². The molecule has 4 aromatic rings. The lowest BCUT2D eigenvalue weighted by Crippen LogP contribution is -2.24. The molecule has 0 atom stereocenters. The second-order valence-electron chi connectivity index (χ2n) is 8.84. The minimum Gasteiger partial charge on any atom is -0.440 e. The van der Waals surface area contributed by atoms with E-state index in [1.807, 2.05) is 53.4 Å². The van der Waals surface area contributed by atoms with E-state index >= 15 is 0 Å². The molecular weight excluding hydrogens is 455 g/mol. The summed E-state index contributed by atoms with van der Waals surface area (Å²) in [5.74, 6) is 1.31. The van der Waals surface area contributed by atoms with Crippen LogP contribution in [0.3, 0.4) is 0 Å². The molecule has 5 rings (SSSR count). The summed E-state index contributed by atoms with van der Waals surface area (Å²) >= 11 is 12.7. The first-order chi connectivity index (χ1) is 15.9. The Morgan fingerprint density at radius 1 is 1.06 bits per heavy atom. The molecule has 0 N–H and O–H groups in total. The number of rotatable bonds is 5. The van der Waals surface area contributed by atoms with E-state index in [9.17, 15) is 4.79 Å². The van der Waals surface area contributed by atoms with Crippen LogP contribution in [-0.4, -0.2) is 17.4 Å². The van der Waals surface area contributed by atoms with Crippen LogP contribution in [-0.2, 0) is 11.2 Å². The van der Waals surface area contributed by atoms with Gasteiger partial charge in [0.15, 0.2) is 0 Å². The lowest BCUT2D eigenvalue weighted by molar-refractivity contribution is -0.117. The van der Waals surface area contributed by atoms with Gasteiger partial charge in [-0.2, -0.15) is 0 Å². The maximum atomic E-state index is 12.7. The predicted molar refractivity (Wildman–Crippen MR) is 135 cm³/mol. The topological polar surface area (TPSA) is 46.3 Å². The van der Waals surface area contributed by atoms with Gasteiger partial charge in [-0.25, -0.2) is 4.98 Å². The number of anilines is 1. The maximum Gasteiger partial charge on any atom is 0.229 e. The van der Waals surface area contributed by atoms with Crippen molar-refractivity contribution in [2.24, 2.45) is 5.92 Å². The van der Waals surface area contributed by atoms with E-state index in [1.54, 1.807) is 0 Å². The van der Waals surface area contributed by atoms with Crippen molar-refractivity contribution in [3.8, 4) is 22.4 Å². The minimum absolute atomic E-state index is 0.130. The van der Waals surface area contributed by atoms with E-state index in [0.29, 0.717) is 34.6 Å². The fraction of sp³-hybridized carbons (Fsp3) is 0.259. The van der Waals surface area contributed by atoms with Gasteiger partial charge in [-0.15, -0.1) is 0 Å². The summed E-state index contributed by atoms with van der Waals surface area (Å²) in [6, 6.07) is 17.4. The monoisotopic (exact) mass is 478 g/mol. The van der Waals surface area contributed by atoms with Crippen LogP contribution in [0.1, 0.15) is 32.4 Å². The molecule has 168 valence electrons. The highest BCUT2D eigenvalue weighted by molar-refractivity contribution is 6.33. The Balaban J connectivity index is 1.81. The van der Waals surface area contributed by atoms with Gasteiger partial charge in [-0.05, 0) is 42.2 Å². The molecule has 6 heteroatoms. The number of amides is 1. The number of hydrogen-bond donors (Lipinski definition) is 0. The Kier molecular flexibility index (Phi) is 5.90. The van der Waals surface area contributed by atoms with Gasteiger partial charge in [0.25, 0.3) is 0 Å². The van der Waals surface area contributed by atoms with E-state index in [1.165, 1.54) is 0 Å². The third-order valence-corrected chi connectivity index (χ3v) is 6.53. The molecule has 0 radical (unpaired) electrons. The van der Waals surface area contributed by atoms with Crippen molar-refractivity contribution in [3.63, 3.8) is 0 Å². The van der Waals surface area contributed by atoms with Crippen molar-refractivity contribution in [2.45, 2.75) is 33.1 Å². The van der Waals surface area contributed by atoms with Crippen LogP contribution in [0, 0.1) is 5.92 Å². The smallest absolute Gasteiger partial charge is 0.229 e. The molecule has 1 saturated heterocycles. The third-order valence-electron chi connectivity index (χ3n) is 5.95. The predicted octanol–water partition coefficient (Wildman–Crippen LogP) is 7.79. The van der Waals surface area contributed by atoms with Crippen LogP contribution >= 0.6 is 23.2 Å². The molecule has 0 saturated carbocycles. The zero-order chi connectivity index (χ0) is 23.1. The first-order valence-corrected chi connectivity index (χ1v) is 12.0. The number of hydrogen-bond acceptors (Lipinski definition) is 3. The molecule has 4 nitrogen and oxygen atoms in total. The van der Waals surface area contributed by atoms with Crippen molar-refractivity contribution in [1.29, 1.82) is 0 Å². The molecule has 33 heavy (non-hydrogen) atoms. The van der Waals surface area contributed by atoms with Crippen molar-refractivity contribution in [1.82, 2.24) is 4.98 Å². The molecule has 1 aliphatic heterocycles. The number of benzene rings is 2. The largest absolute Gasteiger partial charge is 0.440 e. The van der Waals surface area contributed by atoms with Crippen LogP contribution in [0.15, 0.2) is 59.0 Å². The number of carbonyl (C=O) groups is 1. The second kappa shape index (κ2) is 8.85. The minimum atomic E-state index is 0.130. The molecule has 1 fully saturated rings. The highest BCUT2D eigenvalue weighted by Gasteiger charge is 2.30. The maximum absolute atomic E-state index is 12.7. The van der Waals surface area contributed by atoms with Crippen molar-refractivity contribution < 1.29 is 9.21 Å². The third kappa shape index (κ3) is 4.14. The average molecular weight is 479 g/mol. The van der Waals surface area contributed by atoms with Gasteiger partial charge in [-0.1, -0.05) is 67.4 Å². The number of carbonyl (C=O) groups excluding carboxylic acids is 1. The summed E-state index contributed by atoms with van der Waals surface area (Å²) in [6.07, 6.45) is 2.14. The summed E-state index contributed by atoms with van der Waals surface area (Å²) < 4.78 is 6.31. The number of furan rings is 1. The highest BCUT2D eigenvalue weighted by Crippen LogP contribution is 2.43. The van der Waals surface area contributed by atoms with Crippen molar-refractivity contribution >= 4 is 45.9 Å². The fourth-order valence-electron chi connectivity index (χ4n) is 4.46. The van der Waals surface area contributed by atoms with Crippen LogP contribution in [0.2, 0.25) is 10.0 Å². The normalized spacial score (nSPS) is 14.1. The lowest BCUT2D eigenvalue weighted by atomic mass is 9.97. The summed E-state index contributed by atoms with van der Waals surface area (Å²) in [5, 5.41) is 2.13. The van der Waals surface area contributed by atoms with Gasteiger partial charge in [-0.3, -0.25) is 4.79 Å². The van der Waals surface area contributed by atoms with Gasteiger partial charge >= 0.3 is 0 Å². The standard InChI is InChI=1S/C27H24Cl2N2O2/c1-16(2)14-23-26(31-13-5-8-24(31)32)21-15-20(17-9-11-18(28)12-10-17)25(30-27(21)33-23)19-6-3-4-7-22(19)29/h3-4,6-7,9-12,15-16H,5,8,13-14H2,1-2H3. The molecule has 0 aliphatic carbocycles. The van der Waals surface area contributed by atoms with Gasteiger partial charge in [0.05, 0.1) is 16.8 Å². The van der Waals surface area contributed by atoms with Gasteiger partial charge in [0.2, 0.25) is 11.6 Å². The van der Waals surface area contributed by atoms with Crippen molar-refractivity contribution in [3.05, 3.63) is 70.4 Å². The quantitative estimate of drug-likeness (QED) is 0.294. The number of pyridine rings is 1. The molecular formula is C27H24Cl2N2O2. The molecule has 1 amide bonds. The van der Waals surface area contributed by atoms with E-state index < -0.39 is 0 Å².